The molecule has 0 spiro atoms. The largest absolute Gasteiger partial charge is 0.466 e. The molecule has 2 aromatic carbocycles. The molecule has 0 saturated carbocycles. The highest BCUT2D eigenvalue weighted by molar-refractivity contribution is 8.26. The van der Waals surface area contributed by atoms with Crippen molar-refractivity contribution in [3.05, 3.63) is 54.3 Å². The third-order valence-corrected chi connectivity index (χ3v) is 5.62. The van der Waals surface area contributed by atoms with Gasteiger partial charge in [-0.3, -0.25) is 9.11 Å². The Labute approximate surface area is 136 Å². The summed E-state index contributed by atoms with van der Waals surface area (Å²) in [6.45, 7) is 0.549. The second-order valence-corrected chi connectivity index (χ2v) is 7.26. The van der Waals surface area contributed by atoms with Gasteiger partial charge >= 0.3 is 0 Å². The molecule has 0 aliphatic carbocycles. The van der Waals surface area contributed by atoms with E-state index in [0.29, 0.717) is 30.1 Å². The number of rotatable bonds is 4. The zero-order chi connectivity index (χ0) is 16.4. The van der Waals surface area contributed by atoms with E-state index in [1.54, 1.807) is 19.2 Å². The van der Waals surface area contributed by atoms with Gasteiger partial charge in [0.05, 0.1) is 5.69 Å². The van der Waals surface area contributed by atoms with Crippen LogP contribution in [0.4, 0.5) is 15.8 Å². The minimum absolute atomic E-state index is 0.307. The number of hydrogen-bond acceptors (Lipinski definition) is 5. The van der Waals surface area contributed by atoms with Gasteiger partial charge in [0.1, 0.15) is 11.5 Å². The van der Waals surface area contributed by atoms with E-state index >= 15 is 0 Å². The van der Waals surface area contributed by atoms with Crippen molar-refractivity contribution in [2.45, 2.75) is 11.9 Å². The Morgan fingerprint density at radius 2 is 1.96 bits per heavy atom. The highest BCUT2D eigenvalue weighted by Gasteiger charge is 2.41. The molecule has 1 aliphatic rings. The number of benzene rings is 2. The van der Waals surface area contributed by atoms with Gasteiger partial charge in [-0.1, -0.05) is 29.0 Å². The minimum atomic E-state index is -3.27. The molecule has 0 bridgehead atoms. The molecule has 0 aromatic heterocycles. The van der Waals surface area contributed by atoms with Crippen molar-refractivity contribution in [1.29, 1.82) is 0 Å². The van der Waals surface area contributed by atoms with Crippen molar-refractivity contribution >= 4 is 22.2 Å². The van der Waals surface area contributed by atoms with Crippen LogP contribution in [0.3, 0.4) is 0 Å². The number of fused-ring (bicyclic) bond motifs is 1. The van der Waals surface area contributed by atoms with Crippen LogP contribution in [0.25, 0.3) is 0 Å². The van der Waals surface area contributed by atoms with Crippen LogP contribution in [-0.4, -0.2) is 28.1 Å². The number of hydrogen-bond donors (Lipinski definition) is 3. The molecule has 1 aliphatic heterocycles. The van der Waals surface area contributed by atoms with Crippen LogP contribution < -0.4 is 14.4 Å². The van der Waals surface area contributed by atoms with Crippen LogP contribution in [0.2, 0.25) is 0 Å². The maximum absolute atomic E-state index is 13.6. The lowest BCUT2D eigenvalue weighted by atomic mass is 10.2. The average molecular weight is 338 g/mol. The zero-order valence-electron chi connectivity index (χ0n) is 12.6. The number of ether oxygens (including phenoxy) is 1. The van der Waals surface area contributed by atoms with Crippen LogP contribution >= 0.6 is 10.8 Å². The molecule has 0 saturated heterocycles. The molecule has 7 heteroatoms. The predicted molar refractivity (Wildman–Crippen MR) is 90.8 cm³/mol. The van der Waals surface area contributed by atoms with Crippen molar-refractivity contribution in [3.8, 4) is 5.75 Å². The van der Waals surface area contributed by atoms with Gasteiger partial charge in [0.15, 0.2) is 5.75 Å². The molecule has 124 valence electrons. The van der Waals surface area contributed by atoms with Crippen LogP contribution in [0.1, 0.15) is 6.42 Å². The summed E-state index contributed by atoms with van der Waals surface area (Å²) in [5, 5.41) is 2.96. The Morgan fingerprint density at radius 1 is 1.22 bits per heavy atom. The van der Waals surface area contributed by atoms with Gasteiger partial charge in [0.25, 0.3) is 0 Å². The lowest BCUT2D eigenvalue weighted by Gasteiger charge is -2.51. The highest BCUT2D eigenvalue weighted by atomic mass is 32.3. The first-order valence-electron chi connectivity index (χ1n) is 7.27. The number of halogens is 1. The molecule has 1 atom stereocenters. The maximum Gasteiger partial charge on any atom is 0.207 e. The van der Waals surface area contributed by atoms with E-state index < -0.39 is 22.0 Å². The van der Waals surface area contributed by atoms with Gasteiger partial charge in [-0.25, -0.2) is 8.70 Å². The molecular formula is C16H19FN2O3S. The number of para-hydroxylation sites is 1. The molecule has 0 fully saturated rings. The lowest BCUT2D eigenvalue weighted by Crippen LogP contribution is -2.40. The standard InChI is InChI=1S/C16H19FN2O3S/c1-18-10-9-16-22-15-11-12(17)7-8-14(15)19(23(16,20)21)13-5-3-2-4-6-13/h2-8,11,16,18,20-21H,9-10H2,1H3/t16-/m0/s1. The van der Waals surface area contributed by atoms with E-state index in [9.17, 15) is 13.5 Å². The summed E-state index contributed by atoms with van der Waals surface area (Å²) in [4.78, 5) is 0. The van der Waals surface area contributed by atoms with Gasteiger partial charge in [0, 0.05) is 19.0 Å². The SMILES string of the molecule is CNCC[C@H]1Oc2cc(F)ccc2N(c2ccccc2)S1(O)O. The van der Waals surface area contributed by atoms with Crippen molar-refractivity contribution < 1.29 is 18.2 Å². The number of anilines is 2. The molecular weight excluding hydrogens is 319 g/mol. The Morgan fingerprint density at radius 3 is 2.65 bits per heavy atom. The summed E-state index contributed by atoms with van der Waals surface area (Å²) in [6, 6.07) is 13.1. The Hall–Kier alpha value is -1.80. The summed E-state index contributed by atoms with van der Waals surface area (Å²) in [6.07, 6.45) is 0.387. The van der Waals surface area contributed by atoms with Gasteiger partial charge in [-0.2, -0.15) is 0 Å². The highest BCUT2D eigenvalue weighted by Crippen LogP contribution is 2.61. The Kier molecular flexibility index (Phi) is 4.45. The first-order valence-corrected chi connectivity index (χ1v) is 8.84. The van der Waals surface area contributed by atoms with Crippen molar-refractivity contribution in [2.24, 2.45) is 0 Å². The Bertz CT molecular complexity index is 684. The predicted octanol–water partition coefficient (Wildman–Crippen LogP) is 3.96. The summed E-state index contributed by atoms with van der Waals surface area (Å²) < 4.78 is 42.3. The van der Waals surface area contributed by atoms with E-state index in [1.165, 1.54) is 22.5 Å². The van der Waals surface area contributed by atoms with Gasteiger partial charge in [-0.15, -0.1) is 0 Å². The molecule has 0 radical (unpaired) electrons. The smallest absolute Gasteiger partial charge is 0.207 e. The first-order chi connectivity index (χ1) is 11.0. The first kappa shape index (κ1) is 16.1. The Balaban J connectivity index is 2.10. The minimum Gasteiger partial charge on any atom is -0.466 e. The topological polar surface area (TPSA) is 65.0 Å². The quantitative estimate of drug-likeness (QED) is 0.787. The zero-order valence-corrected chi connectivity index (χ0v) is 13.5. The summed E-state index contributed by atoms with van der Waals surface area (Å²) in [5.41, 5.74) is 0.223. The van der Waals surface area contributed by atoms with E-state index in [-0.39, 0.29) is 0 Å². The van der Waals surface area contributed by atoms with Crippen LogP contribution in [0, 0.1) is 5.82 Å². The van der Waals surface area contributed by atoms with E-state index in [4.69, 9.17) is 4.74 Å². The average Bonchev–Trinajstić information content (AvgIpc) is 2.53. The summed E-state index contributed by atoms with van der Waals surface area (Å²) in [5.74, 6) is -0.122. The van der Waals surface area contributed by atoms with E-state index in [0.717, 1.165) is 0 Å². The second-order valence-electron chi connectivity index (χ2n) is 5.24. The van der Waals surface area contributed by atoms with Crippen molar-refractivity contribution in [1.82, 2.24) is 5.32 Å². The lowest BCUT2D eigenvalue weighted by molar-refractivity contribution is 0.237. The van der Waals surface area contributed by atoms with E-state index in [2.05, 4.69) is 5.32 Å². The van der Waals surface area contributed by atoms with Crippen LogP contribution in [-0.2, 0) is 0 Å². The normalized spacial score (nSPS) is 20.5. The molecule has 2 aromatic rings. The number of nitrogens with one attached hydrogen (secondary N) is 1. The van der Waals surface area contributed by atoms with Crippen molar-refractivity contribution in [3.63, 3.8) is 0 Å². The molecule has 23 heavy (non-hydrogen) atoms. The molecule has 0 unspecified atom stereocenters. The fourth-order valence-electron chi connectivity index (χ4n) is 2.56. The summed E-state index contributed by atoms with van der Waals surface area (Å²) >= 11 is 0. The fraction of sp³-hybridized carbons (Fsp3) is 0.250. The monoisotopic (exact) mass is 338 g/mol. The third kappa shape index (κ3) is 3.00. The number of nitrogens with zero attached hydrogens (tertiary/aromatic N) is 1. The van der Waals surface area contributed by atoms with Gasteiger partial charge < -0.3 is 10.1 Å². The second kappa shape index (κ2) is 6.37. The van der Waals surface area contributed by atoms with E-state index in [1.807, 2.05) is 18.2 Å². The third-order valence-electron chi connectivity index (χ3n) is 3.64. The van der Waals surface area contributed by atoms with Gasteiger partial charge in [0.2, 0.25) is 5.44 Å². The van der Waals surface area contributed by atoms with Crippen LogP contribution in [0.15, 0.2) is 48.5 Å². The van der Waals surface area contributed by atoms with Crippen LogP contribution in [0.5, 0.6) is 5.75 Å². The molecule has 3 rings (SSSR count). The molecule has 5 nitrogen and oxygen atoms in total. The van der Waals surface area contributed by atoms with Gasteiger partial charge in [-0.05, 0) is 31.3 Å². The molecule has 3 N–H and O–H groups in total. The molecule has 0 amide bonds. The molecule has 1 heterocycles. The van der Waals surface area contributed by atoms with Crippen molar-refractivity contribution in [2.75, 3.05) is 17.9 Å². The maximum atomic E-state index is 13.6. The fourth-order valence-corrected chi connectivity index (χ4v) is 4.33. The summed E-state index contributed by atoms with van der Waals surface area (Å²) in [7, 11) is -1.49.